The molecule has 2 aromatic rings. The van der Waals surface area contributed by atoms with Crippen LogP contribution in [0.4, 0.5) is 10.2 Å². The maximum absolute atomic E-state index is 13.2. The van der Waals surface area contributed by atoms with Crippen LogP contribution in [0.1, 0.15) is 11.3 Å². The summed E-state index contributed by atoms with van der Waals surface area (Å²) in [4.78, 5) is 3.98. The van der Waals surface area contributed by atoms with Gasteiger partial charge in [0.05, 0.1) is 13.7 Å². The molecule has 4 nitrogen and oxygen atoms in total. The Hall–Kier alpha value is -2.14. The standard InChI is InChI=1S/C14H15FN2O2/c1-19-11-4-2-10(3-5-11)8-16-14-7-6-12(15)13(9-18)17-14/h2-7,18H,8-9H2,1H3,(H,16,17). The second-order valence-electron chi connectivity index (χ2n) is 3.98. The van der Waals surface area contributed by atoms with Gasteiger partial charge >= 0.3 is 0 Å². The van der Waals surface area contributed by atoms with Crippen LogP contribution in [0.3, 0.4) is 0 Å². The third-order valence-electron chi connectivity index (χ3n) is 2.70. The molecule has 0 unspecified atom stereocenters. The van der Waals surface area contributed by atoms with Crippen LogP contribution in [0, 0.1) is 5.82 Å². The van der Waals surface area contributed by atoms with E-state index in [4.69, 9.17) is 9.84 Å². The summed E-state index contributed by atoms with van der Waals surface area (Å²) >= 11 is 0. The van der Waals surface area contributed by atoms with Gasteiger partial charge in [-0.05, 0) is 29.8 Å². The van der Waals surface area contributed by atoms with E-state index in [9.17, 15) is 4.39 Å². The zero-order chi connectivity index (χ0) is 13.7. The fourth-order valence-corrected chi connectivity index (χ4v) is 1.63. The van der Waals surface area contributed by atoms with E-state index in [-0.39, 0.29) is 5.69 Å². The summed E-state index contributed by atoms with van der Waals surface area (Å²) in [7, 11) is 1.62. The number of methoxy groups -OCH3 is 1. The number of rotatable bonds is 5. The highest BCUT2D eigenvalue weighted by Crippen LogP contribution is 2.14. The number of nitrogens with one attached hydrogen (secondary N) is 1. The zero-order valence-electron chi connectivity index (χ0n) is 10.6. The van der Waals surface area contributed by atoms with Crippen molar-refractivity contribution in [3.05, 3.63) is 53.5 Å². The highest BCUT2D eigenvalue weighted by molar-refractivity contribution is 5.37. The maximum atomic E-state index is 13.2. The Kier molecular flexibility index (Phi) is 4.30. The van der Waals surface area contributed by atoms with E-state index in [1.54, 1.807) is 7.11 Å². The minimum absolute atomic E-state index is 0.0414. The quantitative estimate of drug-likeness (QED) is 0.868. The Morgan fingerprint density at radius 3 is 2.58 bits per heavy atom. The number of pyridine rings is 1. The van der Waals surface area contributed by atoms with Crippen molar-refractivity contribution in [2.75, 3.05) is 12.4 Å². The largest absolute Gasteiger partial charge is 0.497 e. The van der Waals surface area contributed by atoms with E-state index in [0.717, 1.165) is 11.3 Å². The van der Waals surface area contributed by atoms with Crippen molar-refractivity contribution >= 4 is 5.82 Å². The van der Waals surface area contributed by atoms with Gasteiger partial charge in [0.15, 0.2) is 0 Å². The molecule has 2 rings (SSSR count). The molecule has 0 bridgehead atoms. The number of hydrogen-bond donors (Lipinski definition) is 2. The molecule has 1 heterocycles. The van der Waals surface area contributed by atoms with Crippen molar-refractivity contribution in [3.63, 3.8) is 0 Å². The Morgan fingerprint density at radius 1 is 1.21 bits per heavy atom. The SMILES string of the molecule is COc1ccc(CNc2ccc(F)c(CO)n2)cc1. The number of halogens is 1. The third-order valence-corrected chi connectivity index (χ3v) is 2.70. The molecule has 0 amide bonds. The molecular formula is C14H15FN2O2. The minimum atomic E-state index is -0.502. The van der Waals surface area contributed by atoms with E-state index in [1.165, 1.54) is 12.1 Å². The number of ether oxygens (including phenoxy) is 1. The number of nitrogens with zero attached hydrogens (tertiary/aromatic N) is 1. The molecule has 0 aliphatic carbocycles. The summed E-state index contributed by atoms with van der Waals surface area (Å²) < 4.78 is 18.2. The summed E-state index contributed by atoms with van der Waals surface area (Å²) in [5, 5.41) is 12.0. The summed E-state index contributed by atoms with van der Waals surface area (Å²) in [6, 6.07) is 10.4. The number of benzene rings is 1. The van der Waals surface area contributed by atoms with Crippen molar-refractivity contribution in [1.29, 1.82) is 0 Å². The van der Waals surface area contributed by atoms with Gasteiger partial charge in [0.2, 0.25) is 0 Å². The summed E-state index contributed by atoms with van der Waals surface area (Å²) in [5.41, 5.74) is 1.09. The van der Waals surface area contributed by atoms with E-state index in [0.29, 0.717) is 12.4 Å². The van der Waals surface area contributed by atoms with Crippen LogP contribution >= 0.6 is 0 Å². The minimum Gasteiger partial charge on any atom is -0.497 e. The van der Waals surface area contributed by atoms with Crippen molar-refractivity contribution in [3.8, 4) is 5.75 Å². The van der Waals surface area contributed by atoms with Crippen LogP contribution < -0.4 is 10.1 Å². The molecule has 100 valence electrons. The van der Waals surface area contributed by atoms with Gasteiger partial charge < -0.3 is 15.2 Å². The molecule has 0 saturated heterocycles. The van der Waals surface area contributed by atoms with Gasteiger partial charge in [0, 0.05) is 6.54 Å². The van der Waals surface area contributed by atoms with Crippen molar-refractivity contribution in [2.24, 2.45) is 0 Å². The first-order chi connectivity index (χ1) is 9.22. The molecule has 19 heavy (non-hydrogen) atoms. The highest BCUT2D eigenvalue weighted by atomic mass is 19.1. The molecule has 1 aromatic heterocycles. The topological polar surface area (TPSA) is 54.4 Å². The highest BCUT2D eigenvalue weighted by Gasteiger charge is 2.04. The van der Waals surface area contributed by atoms with Crippen LogP contribution in [0.5, 0.6) is 5.75 Å². The maximum Gasteiger partial charge on any atom is 0.147 e. The van der Waals surface area contributed by atoms with E-state index < -0.39 is 12.4 Å². The van der Waals surface area contributed by atoms with Crippen molar-refractivity contribution in [2.45, 2.75) is 13.2 Å². The predicted octanol–water partition coefficient (Wildman–Crippen LogP) is 2.33. The number of aliphatic hydroxyl groups excluding tert-OH is 1. The van der Waals surface area contributed by atoms with Gasteiger partial charge in [-0.3, -0.25) is 0 Å². The lowest BCUT2D eigenvalue weighted by Gasteiger charge is -2.08. The van der Waals surface area contributed by atoms with Crippen LogP contribution in [0.25, 0.3) is 0 Å². The monoisotopic (exact) mass is 262 g/mol. The first-order valence-corrected chi connectivity index (χ1v) is 5.86. The molecule has 0 spiro atoms. The third kappa shape index (κ3) is 3.42. The van der Waals surface area contributed by atoms with Crippen molar-refractivity contribution < 1.29 is 14.2 Å². The van der Waals surface area contributed by atoms with E-state index in [1.807, 2.05) is 24.3 Å². The molecule has 0 aliphatic rings. The van der Waals surface area contributed by atoms with Gasteiger partial charge in [0.1, 0.15) is 23.1 Å². The number of aromatic nitrogens is 1. The normalized spacial score (nSPS) is 10.3. The molecule has 1 aromatic carbocycles. The first-order valence-electron chi connectivity index (χ1n) is 5.86. The lowest BCUT2D eigenvalue weighted by atomic mass is 10.2. The smallest absolute Gasteiger partial charge is 0.147 e. The van der Waals surface area contributed by atoms with Gasteiger partial charge in [-0.2, -0.15) is 0 Å². The predicted molar refractivity (Wildman–Crippen MR) is 70.4 cm³/mol. The zero-order valence-corrected chi connectivity index (χ0v) is 10.6. The Morgan fingerprint density at radius 2 is 1.95 bits per heavy atom. The summed E-state index contributed by atoms with van der Waals surface area (Å²) in [5.74, 6) is 0.824. The van der Waals surface area contributed by atoms with Gasteiger partial charge in [0.25, 0.3) is 0 Å². The molecule has 0 atom stereocenters. The Bertz CT molecular complexity index is 544. The Labute approximate surface area is 110 Å². The Balaban J connectivity index is 2.01. The van der Waals surface area contributed by atoms with Gasteiger partial charge in [-0.1, -0.05) is 12.1 Å². The molecule has 0 fully saturated rings. The number of aliphatic hydroxyl groups is 1. The average molecular weight is 262 g/mol. The first kappa shape index (κ1) is 13.3. The van der Waals surface area contributed by atoms with Crippen molar-refractivity contribution in [1.82, 2.24) is 4.98 Å². The summed E-state index contributed by atoms with van der Waals surface area (Å²) in [6.07, 6.45) is 0. The molecule has 0 saturated carbocycles. The van der Waals surface area contributed by atoms with Crippen LogP contribution in [-0.4, -0.2) is 17.2 Å². The molecule has 2 N–H and O–H groups in total. The molecule has 0 radical (unpaired) electrons. The van der Waals surface area contributed by atoms with Gasteiger partial charge in [-0.15, -0.1) is 0 Å². The lowest BCUT2D eigenvalue weighted by Crippen LogP contribution is -2.04. The van der Waals surface area contributed by atoms with E-state index in [2.05, 4.69) is 10.3 Å². The van der Waals surface area contributed by atoms with E-state index >= 15 is 0 Å². The fraction of sp³-hybridized carbons (Fsp3) is 0.214. The van der Waals surface area contributed by atoms with Crippen LogP contribution in [0.2, 0.25) is 0 Å². The molecule has 0 aliphatic heterocycles. The average Bonchev–Trinajstić information content (AvgIpc) is 2.47. The number of hydrogen-bond acceptors (Lipinski definition) is 4. The van der Waals surface area contributed by atoms with Crippen LogP contribution in [-0.2, 0) is 13.2 Å². The summed E-state index contributed by atoms with van der Waals surface area (Å²) in [6.45, 7) is 0.150. The molecule has 5 heteroatoms. The van der Waals surface area contributed by atoms with Gasteiger partial charge in [-0.25, -0.2) is 9.37 Å². The second kappa shape index (κ2) is 6.15. The second-order valence-corrected chi connectivity index (χ2v) is 3.98. The number of anilines is 1. The fourth-order valence-electron chi connectivity index (χ4n) is 1.63. The lowest BCUT2D eigenvalue weighted by molar-refractivity contribution is 0.270. The van der Waals surface area contributed by atoms with Crippen LogP contribution in [0.15, 0.2) is 36.4 Å². The molecular weight excluding hydrogens is 247 g/mol.